The van der Waals surface area contributed by atoms with Crippen LogP contribution < -0.4 is 9.64 Å². The number of anilines is 1. The number of nitrogens with zero attached hydrogens (tertiary/aromatic N) is 2. The molecule has 0 N–H and O–H groups in total. The molecule has 3 aromatic rings. The van der Waals surface area contributed by atoms with Gasteiger partial charge in [-0.25, -0.2) is 19.0 Å². The number of methoxy groups -OCH3 is 1. The van der Waals surface area contributed by atoms with Gasteiger partial charge in [-0.3, -0.25) is 4.90 Å². The Kier molecular flexibility index (Phi) is 8.08. The van der Waals surface area contributed by atoms with Gasteiger partial charge in [0, 0.05) is 29.8 Å². The first-order chi connectivity index (χ1) is 18.7. The Morgan fingerprint density at radius 3 is 2.15 bits per heavy atom. The molecule has 1 aliphatic rings. The lowest BCUT2D eigenvalue weighted by atomic mass is 9.98. The Balaban J connectivity index is 1.99. The second-order valence-electron chi connectivity index (χ2n) is 11.6. The number of esters is 1. The summed E-state index contributed by atoms with van der Waals surface area (Å²) in [5.74, 6) is -0.553. The first-order valence-electron chi connectivity index (χ1n) is 13.0. The van der Waals surface area contributed by atoms with Gasteiger partial charge in [0.2, 0.25) is 0 Å². The lowest BCUT2D eigenvalue weighted by Gasteiger charge is -2.25. The van der Waals surface area contributed by atoms with Crippen molar-refractivity contribution in [2.45, 2.75) is 65.3 Å². The number of halogens is 1. The minimum Gasteiger partial charge on any atom is -0.487 e. The van der Waals surface area contributed by atoms with Crippen molar-refractivity contribution in [3.05, 3.63) is 59.3 Å². The Bertz CT molecular complexity index is 1430. The molecule has 0 saturated carbocycles. The molecule has 2 heterocycles. The van der Waals surface area contributed by atoms with Crippen LogP contribution in [0, 0.1) is 0 Å². The number of ether oxygens (including phenoxy) is 4. The fourth-order valence-corrected chi connectivity index (χ4v) is 4.89. The van der Waals surface area contributed by atoms with E-state index in [1.807, 2.05) is 30.3 Å². The van der Waals surface area contributed by atoms with E-state index in [1.165, 1.54) is 16.6 Å². The number of carbonyl (C=O) groups excluding carboxylic acids is 3. The summed E-state index contributed by atoms with van der Waals surface area (Å²) < 4.78 is 23.8. The highest BCUT2D eigenvalue weighted by Gasteiger charge is 2.39. The second kappa shape index (κ2) is 11.0. The predicted molar refractivity (Wildman–Crippen MR) is 153 cm³/mol. The molecule has 40 heavy (non-hydrogen) atoms. The molecule has 0 aliphatic carbocycles. The zero-order valence-corrected chi connectivity index (χ0v) is 24.6. The van der Waals surface area contributed by atoms with Crippen LogP contribution >= 0.6 is 11.6 Å². The summed E-state index contributed by atoms with van der Waals surface area (Å²) in [6.07, 6.45) is -1.30. The van der Waals surface area contributed by atoms with Crippen molar-refractivity contribution < 1.29 is 33.3 Å². The lowest BCUT2D eigenvalue weighted by molar-refractivity contribution is 0.0489. The van der Waals surface area contributed by atoms with E-state index in [0.717, 1.165) is 5.56 Å². The van der Waals surface area contributed by atoms with Crippen LogP contribution in [0.25, 0.3) is 10.9 Å². The third-order valence-corrected chi connectivity index (χ3v) is 6.55. The van der Waals surface area contributed by atoms with Gasteiger partial charge in [-0.2, -0.15) is 0 Å². The Morgan fingerprint density at radius 1 is 0.950 bits per heavy atom. The molecule has 0 spiro atoms. The minimum atomic E-state index is -0.838. The summed E-state index contributed by atoms with van der Waals surface area (Å²) >= 11 is 6.41. The molecular formula is C30H35ClN2O7. The third-order valence-electron chi connectivity index (χ3n) is 6.18. The normalized spacial score (nSPS) is 15.1. The molecule has 1 unspecified atom stereocenters. The van der Waals surface area contributed by atoms with Crippen molar-refractivity contribution in [1.29, 1.82) is 0 Å². The third kappa shape index (κ3) is 6.04. The summed E-state index contributed by atoms with van der Waals surface area (Å²) in [5.41, 5.74) is 0.866. The van der Waals surface area contributed by atoms with E-state index in [2.05, 4.69) is 0 Å². The van der Waals surface area contributed by atoms with Gasteiger partial charge in [0.25, 0.3) is 0 Å². The molecule has 9 nitrogen and oxygen atoms in total. The maximum absolute atomic E-state index is 13.6. The van der Waals surface area contributed by atoms with Crippen LogP contribution in [0.2, 0.25) is 0 Å². The maximum atomic E-state index is 13.6. The van der Waals surface area contributed by atoms with Crippen molar-refractivity contribution in [3.63, 3.8) is 0 Å². The first-order valence-corrected chi connectivity index (χ1v) is 13.5. The van der Waals surface area contributed by atoms with Gasteiger partial charge in [-0.15, -0.1) is 11.6 Å². The molecular weight excluding hydrogens is 536 g/mol. The predicted octanol–water partition coefficient (Wildman–Crippen LogP) is 6.87. The number of benzene rings is 2. The van der Waals surface area contributed by atoms with Gasteiger partial charge >= 0.3 is 18.2 Å². The van der Waals surface area contributed by atoms with Crippen molar-refractivity contribution in [3.8, 4) is 5.75 Å². The molecule has 0 saturated heterocycles. The number of hydrogen-bond donors (Lipinski definition) is 0. The van der Waals surface area contributed by atoms with Crippen LogP contribution in [0.15, 0.2) is 42.5 Å². The molecule has 1 amide bonds. The first kappa shape index (κ1) is 29.3. The van der Waals surface area contributed by atoms with Crippen molar-refractivity contribution in [1.82, 2.24) is 4.57 Å². The van der Waals surface area contributed by atoms with E-state index in [-0.39, 0.29) is 36.4 Å². The van der Waals surface area contributed by atoms with Gasteiger partial charge in [0.15, 0.2) is 0 Å². The Morgan fingerprint density at radius 2 is 1.57 bits per heavy atom. The van der Waals surface area contributed by atoms with E-state index in [4.69, 9.17) is 30.5 Å². The number of fused-ring (bicyclic) bond motifs is 3. The molecule has 0 radical (unpaired) electrons. The zero-order valence-electron chi connectivity index (χ0n) is 23.9. The number of carbonyl (C=O) groups is 3. The summed E-state index contributed by atoms with van der Waals surface area (Å²) in [6.45, 7) is 11.0. The SMILES string of the molecule is COC(=O)c1cc2c3c(cc(OCc4ccccc4)c2n1C(=O)OC(C)(C)C)N(C(=O)OC(C)(C)C)CC3CCl. The topological polar surface area (TPSA) is 96.3 Å². The van der Waals surface area contributed by atoms with Gasteiger partial charge in [-0.05, 0) is 58.7 Å². The zero-order chi connectivity index (χ0) is 29.4. The summed E-state index contributed by atoms with van der Waals surface area (Å²) in [6, 6.07) is 12.8. The molecule has 4 rings (SSSR count). The van der Waals surface area contributed by atoms with E-state index in [1.54, 1.807) is 53.7 Å². The smallest absolute Gasteiger partial charge is 0.419 e. The van der Waals surface area contributed by atoms with Gasteiger partial charge in [0.05, 0.1) is 12.8 Å². The van der Waals surface area contributed by atoms with Gasteiger partial charge in [-0.1, -0.05) is 30.3 Å². The van der Waals surface area contributed by atoms with Crippen LogP contribution in [-0.4, -0.2) is 53.5 Å². The van der Waals surface area contributed by atoms with E-state index in [0.29, 0.717) is 22.2 Å². The highest BCUT2D eigenvalue weighted by Crippen LogP contribution is 2.47. The van der Waals surface area contributed by atoms with Gasteiger partial charge < -0.3 is 18.9 Å². The highest BCUT2D eigenvalue weighted by atomic mass is 35.5. The van der Waals surface area contributed by atoms with Crippen LogP contribution in [0.1, 0.15) is 69.1 Å². The quantitative estimate of drug-likeness (QED) is 0.188. The van der Waals surface area contributed by atoms with Crippen molar-refractivity contribution >= 4 is 46.3 Å². The molecule has 0 bridgehead atoms. The molecule has 1 aliphatic heterocycles. The van der Waals surface area contributed by atoms with Crippen LogP contribution in [0.5, 0.6) is 5.75 Å². The fourth-order valence-electron chi connectivity index (χ4n) is 4.64. The molecule has 2 aromatic carbocycles. The number of rotatable bonds is 5. The van der Waals surface area contributed by atoms with Crippen LogP contribution in [-0.2, 0) is 20.8 Å². The Labute approximate surface area is 238 Å². The lowest BCUT2D eigenvalue weighted by Crippen LogP contribution is -2.36. The monoisotopic (exact) mass is 570 g/mol. The Hall–Kier alpha value is -3.72. The summed E-state index contributed by atoms with van der Waals surface area (Å²) in [4.78, 5) is 41.3. The largest absolute Gasteiger partial charge is 0.487 e. The number of hydrogen-bond acceptors (Lipinski definition) is 7. The molecule has 0 fully saturated rings. The fraction of sp³-hybridized carbons (Fsp3) is 0.433. The average Bonchev–Trinajstić information content (AvgIpc) is 3.44. The molecule has 10 heteroatoms. The second-order valence-corrected chi connectivity index (χ2v) is 11.9. The van der Waals surface area contributed by atoms with Gasteiger partial charge in [0.1, 0.15) is 34.8 Å². The van der Waals surface area contributed by atoms with E-state index in [9.17, 15) is 14.4 Å². The summed E-state index contributed by atoms with van der Waals surface area (Å²) in [7, 11) is 1.24. The highest BCUT2D eigenvalue weighted by molar-refractivity contribution is 6.19. The van der Waals surface area contributed by atoms with Crippen LogP contribution in [0.4, 0.5) is 15.3 Å². The molecule has 1 atom stereocenters. The molecule has 1 aromatic heterocycles. The maximum Gasteiger partial charge on any atom is 0.419 e. The van der Waals surface area contributed by atoms with E-state index < -0.39 is 29.4 Å². The van der Waals surface area contributed by atoms with Crippen molar-refractivity contribution in [2.75, 3.05) is 24.4 Å². The van der Waals surface area contributed by atoms with Crippen LogP contribution in [0.3, 0.4) is 0 Å². The number of alkyl halides is 1. The molecule has 214 valence electrons. The average molecular weight is 571 g/mol. The van der Waals surface area contributed by atoms with E-state index >= 15 is 0 Å². The number of aromatic nitrogens is 1. The number of amides is 1. The standard InChI is InChI=1S/C30H35ClN2O7/c1-29(2,3)39-27(35)32-16-19(15-31)24-20-13-22(26(34)37-7)33(28(36)40-30(4,5)6)25(20)23(14-21(24)32)38-17-18-11-9-8-10-12-18/h8-14,19H,15-17H2,1-7H3. The van der Waals surface area contributed by atoms with Crippen molar-refractivity contribution in [2.24, 2.45) is 0 Å². The minimum absolute atomic E-state index is 0.0336. The summed E-state index contributed by atoms with van der Waals surface area (Å²) in [5, 5.41) is 0.531.